The first-order valence-electron chi connectivity index (χ1n) is 9.45. The summed E-state index contributed by atoms with van der Waals surface area (Å²) in [6, 6.07) is 10.8. The van der Waals surface area contributed by atoms with E-state index in [4.69, 9.17) is 0 Å². The van der Waals surface area contributed by atoms with Gasteiger partial charge in [-0.15, -0.1) is 12.4 Å². The summed E-state index contributed by atoms with van der Waals surface area (Å²) in [4.78, 5) is 36.8. The van der Waals surface area contributed by atoms with Crippen LogP contribution in [0.2, 0.25) is 0 Å². The van der Waals surface area contributed by atoms with Gasteiger partial charge in [0.05, 0.1) is 6.54 Å². The summed E-state index contributed by atoms with van der Waals surface area (Å²) in [6.07, 6.45) is 4.72. The SMILES string of the molecule is Cl.O=C(Cn1c(=O)ccn(Cc2ccccc2)c1=O)NCCC1CCCNC1. The third-order valence-corrected chi connectivity index (χ3v) is 4.91. The van der Waals surface area contributed by atoms with E-state index in [0.717, 1.165) is 29.6 Å². The standard InChI is InChI=1S/C20H26N4O3.ClH/c25-18(22-11-8-16-7-4-10-21-13-16)15-24-19(26)9-12-23(20(24)27)14-17-5-2-1-3-6-17;/h1-3,5-6,9,12,16,21H,4,7-8,10-11,13-15H2,(H,22,25);1H. The van der Waals surface area contributed by atoms with Gasteiger partial charge in [0.1, 0.15) is 6.54 Å². The number of nitrogens with zero attached hydrogens (tertiary/aromatic N) is 2. The smallest absolute Gasteiger partial charge is 0.331 e. The largest absolute Gasteiger partial charge is 0.355 e. The van der Waals surface area contributed by atoms with Crippen LogP contribution in [0.1, 0.15) is 24.8 Å². The molecule has 1 atom stereocenters. The van der Waals surface area contributed by atoms with Crippen LogP contribution in [0.5, 0.6) is 0 Å². The fourth-order valence-corrected chi connectivity index (χ4v) is 3.39. The molecular weight excluding hydrogens is 380 g/mol. The third-order valence-electron chi connectivity index (χ3n) is 4.91. The molecule has 1 fully saturated rings. The van der Waals surface area contributed by atoms with Crippen molar-refractivity contribution in [2.75, 3.05) is 19.6 Å². The Morgan fingerprint density at radius 2 is 1.96 bits per heavy atom. The number of benzene rings is 1. The minimum Gasteiger partial charge on any atom is -0.355 e. The minimum atomic E-state index is -0.474. The first-order chi connectivity index (χ1) is 13.1. The minimum absolute atomic E-state index is 0. The number of halogens is 1. The van der Waals surface area contributed by atoms with Crippen LogP contribution in [0.4, 0.5) is 0 Å². The van der Waals surface area contributed by atoms with E-state index in [9.17, 15) is 14.4 Å². The van der Waals surface area contributed by atoms with E-state index in [0.29, 0.717) is 19.0 Å². The molecule has 1 unspecified atom stereocenters. The molecule has 28 heavy (non-hydrogen) atoms. The number of carbonyl (C=O) groups excluding carboxylic acids is 1. The lowest BCUT2D eigenvalue weighted by molar-refractivity contribution is -0.121. The molecule has 2 N–H and O–H groups in total. The van der Waals surface area contributed by atoms with Gasteiger partial charge in [0.15, 0.2) is 0 Å². The van der Waals surface area contributed by atoms with E-state index >= 15 is 0 Å². The number of piperidine rings is 1. The molecule has 1 amide bonds. The Kier molecular flexibility index (Phi) is 8.47. The highest BCUT2D eigenvalue weighted by molar-refractivity contribution is 5.85. The van der Waals surface area contributed by atoms with Crippen LogP contribution in [-0.2, 0) is 17.9 Å². The molecule has 1 aromatic carbocycles. The number of aromatic nitrogens is 2. The summed E-state index contributed by atoms with van der Waals surface area (Å²) in [5, 5.41) is 6.18. The van der Waals surface area contributed by atoms with Gasteiger partial charge < -0.3 is 10.6 Å². The number of carbonyl (C=O) groups is 1. The lowest BCUT2D eigenvalue weighted by Gasteiger charge is -2.22. The van der Waals surface area contributed by atoms with Crippen molar-refractivity contribution in [1.82, 2.24) is 19.8 Å². The normalized spacial score (nSPS) is 16.2. The zero-order valence-corrected chi connectivity index (χ0v) is 16.6. The maximum absolute atomic E-state index is 12.6. The van der Waals surface area contributed by atoms with Crippen LogP contribution in [0.3, 0.4) is 0 Å². The molecule has 8 heteroatoms. The monoisotopic (exact) mass is 406 g/mol. The van der Waals surface area contributed by atoms with Crippen LogP contribution in [0.25, 0.3) is 0 Å². The summed E-state index contributed by atoms with van der Waals surface area (Å²) in [5.74, 6) is 0.261. The second-order valence-corrected chi connectivity index (χ2v) is 6.99. The van der Waals surface area contributed by atoms with Crippen molar-refractivity contribution >= 4 is 18.3 Å². The van der Waals surface area contributed by atoms with Crippen molar-refractivity contribution < 1.29 is 4.79 Å². The molecule has 0 radical (unpaired) electrons. The van der Waals surface area contributed by atoms with Gasteiger partial charge in [0, 0.05) is 18.8 Å². The third kappa shape index (κ3) is 6.07. The van der Waals surface area contributed by atoms with E-state index in [-0.39, 0.29) is 24.9 Å². The van der Waals surface area contributed by atoms with E-state index in [1.165, 1.54) is 29.7 Å². The molecule has 1 saturated heterocycles. The van der Waals surface area contributed by atoms with Crippen molar-refractivity contribution in [1.29, 1.82) is 0 Å². The van der Waals surface area contributed by atoms with Crippen LogP contribution >= 0.6 is 12.4 Å². The number of rotatable bonds is 7. The van der Waals surface area contributed by atoms with Crippen LogP contribution in [0, 0.1) is 5.92 Å². The first-order valence-corrected chi connectivity index (χ1v) is 9.45. The molecule has 2 aromatic rings. The topological polar surface area (TPSA) is 85.1 Å². The van der Waals surface area contributed by atoms with Crippen molar-refractivity contribution in [3.05, 3.63) is 69.0 Å². The molecular formula is C20H27ClN4O3. The molecule has 0 bridgehead atoms. The molecule has 3 rings (SSSR count). The van der Waals surface area contributed by atoms with E-state index in [1.807, 2.05) is 30.3 Å². The zero-order chi connectivity index (χ0) is 19.1. The van der Waals surface area contributed by atoms with Gasteiger partial charge in [-0.25, -0.2) is 4.79 Å². The molecule has 0 saturated carbocycles. The van der Waals surface area contributed by atoms with Gasteiger partial charge in [-0.2, -0.15) is 0 Å². The lowest BCUT2D eigenvalue weighted by Crippen LogP contribution is -2.43. The predicted molar refractivity (Wildman–Crippen MR) is 111 cm³/mol. The van der Waals surface area contributed by atoms with Gasteiger partial charge in [-0.3, -0.25) is 18.7 Å². The molecule has 0 aliphatic carbocycles. The fraction of sp³-hybridized carbons (Fsp3) is 0.450. The van der Waals surface area contributed by atoms with E-state index in [2.05, 4.69) is 10.6 Å². The fourth-order valence-electron chi connectivity index (χ4n) is 3.39. The van der Waals surface area contributed by atoms with Crippen molar-refractivity contribution in [3.63, 3.8) is 0 Å². The number of hydrogen-bond acceptors (Lipinski definition) is 4. The maximum Gasteiger partial charge on any atom is 0.331 e. The highest BCUT2D eigenvalue weighted by Crippen LogP contribution is 2.12. The predicted octanol–water partition coefficient (Wildman–Crippen LogP) is 0.986. The summed E-state index contributed by atoms with van der Waals surface area (Å²) < 4.78 is 2.43. The lowest BCUT2D eigenvalue weighted by atomic mass is 9.96. The number of hydrogen-bond donors (Lipinski definition) is 2. The average Bonchev–Trinajstić information content (AvgIpc) is 2.69. The summed E-state index contributed by atoms with van der Waals surface area (Å²) >= 11 is 0. The van der Waals surface area contributed by atoms with Crippen LogP contribution in [-0.4, -0.2) is 34.7 Å². The van der Waals surface area contributed by atoms with Crippen molar-refractivity contribution in [2.45, 2.75) is 32.4 Å². The second kappa shape index (κ2) is 10.8. The van der Waals surface area contributed by atoms with Gasteiger partial charge in [-0.1, -0.05) is 30.3 Å². The quantitative estimate of drug-likeness (QED) is 0.718. The van der Waals surface area contributed by atoms with E-state index in [1.54, 1.807) is 0 Å². The Balaban J connectivity index is 0.00000280. The Labute approximate surface area is 170 Å². The Morgan fingerprint density at radius 1 is 1.18 bits per heavy atom. The van der Waals surface area contributed by atoms with E-state index < -0.39 is 11.2 Å². The van der Waals surface area contributed by atoms with Gasteiger partial charge >= 0.3 is 5.69 Å². The van der Waals surface area contributed by atoms with Crippen molar-refractivity contribution in [2.24, 2.45) is 5.92 Å². The highest BCUT2D eigenvalue weighted by atomic mass is 35.5. The summed E-state index contributed by atoms with van der Waals surface area (Å²) in [6.45, 7) is 2.71. The Bertz CT molecular complexity index is 873. The molecule has 1 aliphatic rings. The zero-order valence-electron chi connectivity index (χ0n) is 15.8. The molecule has 1 aliphatic heterocycles. The van der Waals surface area contributed by atoms with Gasteiger partial charge in [0.2, 0.25) is 5.91 Å². The Hall–Kier alpha value is -2.38. The summed E-state index contributed by atoms with van der Waals surface area (Å²) in [7, 11) is 0. The molecule has 7 nitrogen and oxygen atoms in total. The number of nitrogens with one attached hydrogen (secondary N) is 2. The molecule has 152 valence electrons. The van der Waals surface area contributed by atoms with Crippen LogP contribution in [0.15, 0.2) is 52.2 Å². The van der Waals surface area contributed by atoms with Gasteiger partial charge in [0.25, 0.3) is 5.56 Å². The Morgan fingerprint density at radius 3 is 2.68 bits per heavy atom. The average molecular weight is 407 g/mol. The van der Waals surface area contributed by atoms with Crippen LogP contribution < -0.4 is 21.9 Å². The first kappa shape index (κ1) is 21.9. The highest BCUT2D eigenvalue weighted by Gasteiger charge is 2.14. The summed E-state index contributed by atoms with van der Waals surface area (Å²) in [5.41, 5.74) is 0.0178. The maximum atomic E-state index is 12.6. The number of amides is 1. The molecule has 1 aromatic heterocycles. The van der Waals surface area contributed by atoms with Gasteiger partial charge in [-0.05, 0) is 43.8 Å². The molecule has 0 spiro atoms. The van der Waals surface area contributed by atoms with Crippen molar-refractivity contribution in [3.8, 4) is 0 Å². The second-order valence-electron chi connectivity index (χ2n) is 6.99. The molecule has 2 heterocycles.